The normalized spacial score (nSPS) is 27.6. The summed E-state index contributed by atoms with van der Waals surface area (Å²) in [5.74, 6) is 0. The Morgan fingerprint density at radius 3 is 1.86 bits per heavy atom. The van der Waals surface area contributed by atoms with Crippen molar-refractivity contribution in [3.8, 4) is 0 Å². The lowest BCUT2D eigenvalue weighted by Gasteiger charge is -2.25. The molecule has 29 heavy (non-hydrogen) atoms. The Morgan fingerprint density at radius 1 is 0.897 bits per heavy atom. The monoisotopic (exact) mass is 466 g/mol. The largest absolute Gasteiger partial charge is 0.472 e. The number of nitrogens with zero attached hydrogens (tertiary/aromatic N) is 2. The predicted molar refractivity (Wildman–Crippen MR) is 104 cm³/mol. The maximum Gasteiger partial charge on any atom is 0.472 e. The highest BCUT2D eigenvalue weighted by molar-refractivity contribution is 7.47. The molecule has 0 amide bonds. The van der Waals surface area contributed by atoms with Gasteiger partial charge in [-0.05, 0) is 0 Å². The third-order valence-corrected chi connectivity index (χ3v) is 5.91. The van der Waals surface area contributed by atoms with Crippen LogP contribution in [0.1, 0.15) is 6.42 Å². The standard InChI is InChI=1S/C15H34N2O10P2/c1-16(2,3)7-9-23-28(19,20)25-12-14-13(11-15(18)26-14)27-29(21,22)24-10-8-17(4,5)6/h13-15,18H,7-12H2,1-6H3/p+2/t13-,14+,15?/m0/s1. The Kier molecular flexibility index (Phi) is 9.89. The fraction of sp³-hybridized carbons (Fsp3) is 1.00. The van der Waals surface area contributed by atoms with Crippen LogP contribution in [0.15, 0.2) is 0 Å². The lowest BCUT2D eigenvalue weighted by molar-refractivity contribution is -0.870. The van der Waals surface area contributed by atoms with E-state index in [2.05, 4.69) is 0 Å². The van der Waals surface area contributed by atoms with Crippen molar-refractivity contribution >= 4 is 15.6 Å². The third kappa shape index (κ3) is 12.5. The molecule has 0 bridgehead atoms. The molecule has 14 heteroatoms. The van der Waals surface area contributed by atoms with E-state index in [0.29, 0.717) is 22.1 Å². The number of phosphoric ester groups is 2. The molecule has 174 valence electrons. The summed E-state index contributed by atoms with van der Waals surface area (Å²) in [6.07, 6.45) is -3.49. The molecule has 1 aliphatic heterocycles. The Bertz CT molecular complexity index is 607. The van der Waals surface area contributed by atoms with E-state index < -0.39 is 40.8 Å². The summed E-state index contributed by atoms with van der Waals surface area (Å²) in [4.78, 5) is 19.7. The van der Waals surface area contributed by atoms with Crippen molar-refractivity contribution in [3.05, 3.63) is 0 Å². The minimum atomic E-state index is -4.41. The smallest absolute Gasteiger partial charge is 0.368 e. The van der Waals surface area contributed by atoms with E-state index in [1.807, 2.05) is 42.3 Å². The molecule has 3 N–H and O–H groups in total. The van der Waals surface area contributed by atoms with Crippen molar-refractivity contribution < 1.29 is 55.8 Å². The van der Waals surface area contributed by atoms with Crippen LogP contribution in [-0.2, 0) is 32.0 Å². The second-order valence-electron chi connectivity index (χ2n) is 8.94. The summed E-state index contributed by atoms with van der Waals surface area (Å²) in [5, 5.41) is 9.67. The van der Waals surface area contributed by atoms with Crippen LogP contribution in [0, 0.1) is 0 Å². The van der Waals surface area contributed by atoms with Gasteiger partial charge >= 0.3 is 15.6 Å². The summed E-state index contributed by atoms with van der Waals surface area (Å²) >= 11 is 0. The first-order chi connectivity index (χ1) is 13.0. The highest BCUT2D eigenvalue weighted by atomic mass is 31.2. The third-order valence-electron chi connectivity index (χ3n) is 3.88. The van der Waals surface area contributed by atoms with Crippen LogP contribution >= 0.6 is 15.6 Å². The molecule has 0 aliphatic carbocycles. The van der Waals surface area contributed by atoms with Crippen molar-refractivity contribution in [1.29, 1.82) is 0 Å². The zero-order valence-electron chi connectivity index (χ0n) is 18.0. The van der Waals surface area contributed by atoms with Crippen LogP contribution in [-0.4, -0.2) is 118 Å². The van der Waals surface area contributed by atoms with Gasteiger partial charge in [-0.1, -0.05) is 0 Å². The summed E-state index contributed by atoms with van der Waals surface area (Å²) in [6.45, 7) is 0.468. The van der Waals surface area contributed by atoms with Gasteiger partial charge in [-0.25, -0.2) is 9.13 Å². The van der Waals surface area contributed by atoms with Gasteiger partial charge in [-0.2, -0.15) is 0 Å². The Hall–Kier alpha value is 0.0600. The molecule has 1 saturated heterocycles. The fourth-order valence-electron chi connectivity index (χ4n) is 2.22. The van der Waals surface area contributed by atoms with E-state index in [1.165, 1.54) is 0 Å². The molecule has 1 fully saturated rings. The first-order valence-electron chi connectivity index (χ1n) is 9.20. The Labute approximate surface area is 172 Å². The summed E-state index contributed by atoms with van der Waals surface area (Å²) in [6, 6.07) is 0. The lowest BCUT2D eigenvalue weighted by atomic mass is 10.2. The number of hydrogen-bond donors (Lipinski definition) is 3. The zero-order valence-corrected chi connectivity index (χ0v) is 19.8. The number of aliphatic hydroxyl groups is 1. The Morgan fingerprint density at radius 2 is 1.38 bits per heavy atom. The highest BCUT2D eigenvalue weighted by Crippen LogP contribution is 2.48. The van der Waals surface area contributed by atoms with Crippen molar-refractivity contribution in [2.45, 2.75) is 24.9 Å². The zero-order chi connectivity index (χ0) is 22.5. The van der Waals surface area contributed by atoms with Crippen molar-refractivity contribution in [2.75, 3.05) is 75.2 Å². The quantitative estimate of drug-likeness (QED) is 0.254. The van der Waals surface area contributed by atoms with Gasteiger partial charge in [0.05, 0.1) is 48.9 Å². The minimum absolute atomic E-state index is 0.00266. The molecule has 0 aromatic heterocycles. The number of rotatable bonds is 13. The first-order valence-corrected chi connectivity index (χ1v) is 12.2. The maximum atomic E-state index is 12.1. The minimum Gasteiger partial charge on any atom is -0.368 e. The van der Waals surface area contributed by atoms with E-state index in [4.69, 9.17) is 22.8 Å². The van der Waals surface area contributed by atoms with Crippen LogP contribution in [0.4, 0.5) is 0 Å². The molecule has 0 aromatic carbocycles. The van der Waals surface area contributed by atoms with Gasteiger partial charge in [0, 0.05) is 6.42 Å². The van der Waals surface area contributed by atoms with Gasteiger partial charge in [-0.3, -0.25) is 18.1 Å². The number of aliphatic hydroxyl groups excluding tert-OH is 1. The molecule has 1 heterocycles. The molecular formula is C15H36N2O10P2+2. The molecule has 1 rings (SSSR count). The van der Waals surface area contributed by atoms with Gasteiger partial charge < -0.3 is 28.6 Å². The SMILES string of the molecule is C[N+](C)(C)CCOP(=O)(O)OC[C@H]1OC(O)C[C@@H]1OP(=O)(O)OCC[N+](C)(C)C. The molecule has 1 aliphatic rings. The molecule has 0 saturated carbocycles. The topological polar surface area (TPSA) is 141 Å². The number of ether oxygens (including phenoxy) is 1. The summed E-state index contributed by atoms with van der Waals surface area (Å²) < 4.78 is 50.2. The van der Waals surface area contributed by atoms with Crippen LogP contribution in [0.3, 0.4) is 0 Å². The van der Waals surface area contributed by atoms with Crippen LogP contribution in [0.5, 0.6) is 0 Å². The molecule has 5 atom stereocenters. The van der Waals surface area contributed by atoms with E-state index in [9.17, 15) is 24.0 Å². The van der Waals surface area contributed by atoms with Gasteiger partial charge in [0.15, 0.2) is 6.29 Å². The van der Waals surface area contributed by atoms with E-state index in [0.717, 1.165) is 0 Å². The molecule has 3 unspecified atom stereocenters. The fourth-order valence-corrected chi connectivity index (χ4v) is 3.88. The van der Waals surface area contributed by atoms with Gasteiger partial charge in [-0.15, -0.1) is 0 Å². The van der Waals surface area contributed by atoms with Crippen molar-refractivity contribution in [3.63, 3.8) is 0 Å². The maximum absolute atomic E-state index is 12.1. The Balaban J connectivity index is 2.53. The summed E-state index contributed by atoms with van der Waals surface area (Å²) in [7, 11) is 2.63. The number of phosphoric acid groups is 2. The van der Waals surface area contributed by atoms with E-state index in [1.54, 1.807) is 0 Å². The van der Waals surface area contributed by atoms with Gasteiger partial charge in [0.1, 0.15) is 38.5 Å². The molecule has 0 spiro atoms. The second-order valence-corrected chi connectivity index (χ2v) is 11.8. The van der Waals surface area contributed by atoms with Gasteiger partial charge in [0.2, 0.25) is 0 Å². The molecule has 0 radical (unpaired) electrons. The molecule has 0 aromatic rings. The summed E-state index contributed by atoms with van der Waals surface area (Å²) in [5.41, 5.74) is 0. The average Bonchev–Trinajstić information content (AvgIpc) is 2.81. The second kappa shape index (κ2) is 10.6. The van der Waals surface area contributed by atoms with Crippen LogP contribution in [0.2, 0.25) is 0 Å². The first kappa shape index (κ1) is 27.1. The lowest BCUT2D eigenvalue weighted by Crippen LogP contribution is -2.37. The highest BCUT2D eigenvalue weighted by Gasteiger charge is 2.41. The molecule has 12 nitrogen and oxygen atoms in total. The van der Waals surface area contributed by atoms with Crippen LogP contribution < -0.4 is 0 Å². The van der Waals surface area contributed by atoms with Crippen LogP contribution in [0.25, 0.3) is 0 Å². The average molecular weight is 466 g/mol. The predicted octanol–water partition coefficient (Wildman–Crippen LogP) is 0.142. The van der Waals surface area contributed by atoms with Crippen molar-refractivity contribution in [2.24, 2.45) is 0 Å². The van der Waals surface area contributed by atoms with Crippen molar-refractivity contribution in [1.82, 2.24) is 0 Å². The molecular weight excluding hydrogens is 430 g/mol. The number of quaternary nitrogens is 2. The van der Waals surface area contributed by atoms with Gasteiger partial charge in [0.25, 0.3) is 0 Å². The van der Waals surface area contributed by atoms with E-state index in [-0.39, 0.29) is 19.6 Å². The number of likely N-dealkylation sites (N-methyl/N-ethyl adjacent to an activating group) is 2. The van der Waals surface area contributed by atoms with E-state index >= 15 is 0 Å². The number of hydrogen-bond acceptors (Lipinski definition) is 8.